The molecule has 0 unspecified atom stereocenters. The smallest absolute Gasteiger partial charge is 0.329 e. The van der Waals surface area contributed by atoms with Gasteiger partial charge in [-0.15, -0.1) is 11.8 Å². The second kappa shape index (κ2) is 8.65. The molecule has 2 rings (SSSR count). The zero-order valence-corrected chi connectivity index (χ0v) is 15.1. The molecule has 1 aliphatic heterocycles. The van der Waals surface area contributed by atoms with Crippen LogP contribution in [0.4, 0.5) is 11.4 Å². The number of carbonyl (C=O) groups excluding carboxylic acids is 3. The number of non-ortho nitro benzene ring substituents is 1. The van der Waals surface area contributed by atoms with Crippen LogP contribution in [-0.2, 0) is 19.1 Å². The molecule has 0 radical (unpaired) electrons. The zero-order valence-electron chi connectivity index (χ0n) is 14.3. The van der Waals surface area contributed by atoms with Crippen LogP contribution in [0.5, 0.6) is 0 Å². The Morgan fingerprint density at radius 1 is 1.46 bits per heavy atom. The lowest BCUT2D eigenvalue weighted by Crippen LogP contribution is -2.51. The highest BCUT2D eigenvalue weighted by atomic mass is 32.2. The molecule has 1 fully saturated rings. The van der Waals surface area contributed by atoms with Gasteiger partial charge in [-0.1, -0.05) is 0 Å². The molecule has 1 saturated heterocycles. The van der Waals surface area contributed by atoms with Gasteiger partial charge in [0, 0.05) is 30.0 Å². The summed E-state index contributed by atoms with van der Waals surface area (Å²) in [5, 5.41) is 15.3. The minimum absolute atomic E-state index is 0.0623. The van der Waals surface area contributed by atoms with Crippen molar-refractivity contribution in [1.29, 1.82) is 0 Å². The second-order valence-electron chi connectivity index (χ2n) is 5.64. The molecule has 1 aliphatic rings. The molecule has 9 nitrogen and oxygen atoms in total. The summed E-state index contributed by atoms with van der Waals surface area (Å²) in [7, 11) is 0. The number of anilines is 1. The highest BCUT2D eigenvalue weighted by Gasteiger charge is 2.34. The van der Waals surface area contributed by atoms with Crippen molar-refractivity contribution in [1.82, 2.24) is 5.32 Å². The topological polar surface area (TPSA) is 128 Å². The molecule has 1 heterocycles. The molecule has 0 aliphatic carbocycles. The first-order valence-electron chi connectivity index (χ1n) is 7.95. The number of aryl methyl sites for hydroxylation is 1. The molecule has 10 heteroatoms. The predicted octanol–water partition coefficient (Wildman–Crippen LogP) is 1.40. The molecule has 2 atom stereocenters. The molecular formula is C16H19N3O6S. The van der Waals surface area contributed by atoms with E-state index in [0.29, 0.717) is 17.0 Å². The summed E-state index contributed by atoms with van der Waals surface area (Å²) in [5.74, 6) is -0.934. The third-order valence-corrected chi connectivity index (χ3v) is 5.02. The van der Waals surface area contributed by atoms with Crippen molar-refractivity contribution in [3.63, 3.8) is 0 Å². The van der Waals surface area contributed by atoms with Gasteiger partial charge in [0.25, 0.3) is 5.69 Å². The highest BCUT2D eigenvalue weighted by Crippen LogP contribution is 2.24. The Kier molecular flexibility index (Phi) is 6.56. The molecule has 0 bridgehead atoms. The molecule has 26 heavy (non-hydrogen) atoms. The van der Waals surface area contributed by atoms with Crippen molar-refractivity contribution in [2.75, 3.05) is 17.7 Å². The fourth-order valence-corrected chi connectivity index (χ4v) is 3.52. The van der Waals surface area contributed by atoms with E-state index in [0.717, 1.165) is 0 Å². The minimum atomic E-state index is -0.705. The molecule has 0 saturated carbocycles. The largest absolute Gasteiger partial charge is 0.464 e. The Hall–Kier alpha value is -2.62. The standard InChI is InChI=1S/C16H19N3O6S/c1-3-25-16(22)12-8-26-13(15(21)18-12)7-14(20)17-11-5-4-10(19(23)24)6-9(11)2/h4-6,12-13H,3,7-8H2,1-2H3,(H,17,20)(H,18,21)/t12-,13-/m1/s1. The van der Waals surface area contributed by atoms with Gasteiger partial charge in [-0.3, -0.25) is 19.7 Å². The molecule has 140 valence electrons. The fourth-order valence-electron chi connectivity index (χ4n) is 2.39. The first-order chi connectivity index (χ1) is 12.3. The number of amides is 2. The number of rotatable bonds is 6. The van der Waals surface area contributed by atoms with Gasteiger partial charge in [0.05, 0.1) is 16.8 Å². The lowest BCUT2D eigenvalue weighted by Gasteiger charge is -2.27. The maximum atomic E-state index is 12.2. The number of nitrogens with one attached hydrogen (secondary N) is 2. The molecule has 0 aromatic heterocycles. The van der Waals surface area contributed by atoms with Crippen LogP contribution in [-0.4, -0.2) is 46.4 Å². The van der Waals surface area contributed by atoms with Gasteiger partial charge in [0.2, 0.25) is 11.8 Å². The van der Waals surface area contributed by atoms with Gasteiger partial charge >= 0.3 is 5.97 Å². The van der Waals surface area contributed by atoms with E-state index in [1.807, 2.05) is 0 Å². The third kappa shape index (κ3) is 4.94. The summed E-state index contributed by atoms with van der Waals surface area (Å²) in [5.41, 5.74) is 0.939. The highest BCUT2D eigenvalue weighted by molar-refractivity contribution is 8.00. The van der Waals surface area contributed by atoms with Crippen LogP contribution >= 0.6 is 11.8 Å². The first-order valence-corrected chi connectivity index (χ1v) is 9.00. The molecular weight excluding hydrogens is 362 g/mol. The number of esters is 1. The average Bonchev–Trinajstić information content (AvgIpc) is 2.58. The Labute approximate surface area is 154 Å². The van der Waals surface area contributed by atoms with E-state index < -0.39 is 28.1 Å². The van der Waals surface area contributed by atoms with E-state index in [2.05, 4.69) is 10.6 Å². The van der Waals surface area contributed by atoms with E-state index in [4.69, 9.17) is 4.74 Å². The Morgan fingerprint density at radius 3 is 2.77 bits per heavy atom. The van der Waals surface area contributed by atoms with Crippen LogP contribution in [0.2, 0.25) is 0 Å². The van der Waals surface area contributed by atoms with Gasteiger partial charge in [-0.2, -0.15) is 0 Å². The summed E-state index contributed by atoms with van der Waals surface area (Å²) < 4.78 is 4.87. The summed E-state index contributed by atoms with van der Waals surface area (Å²) in [4.78, 5) is 46.2. The van der Waals surface area contributed by atoms with Gasteiger partial charge in [-0.05, 0) is 25.5 Å². The minimum Gasteiger partial charge on any atom is -0.464 e. The van der Waals surface area contributed by atoms with E-state index in [9.17, 15) is 24.5 Å². The van der Waals surface area contributed by atoms with Crippen LogP contribution in [0.3, 0.4) is 0 Å². The molecule has 2 N–H and O–H groups in total. The molecule has 1 aromatic carbocycles. The fraction of sp³-hybridized carbons (Fsp3) is 0.438. The Morgan fingerprint density at radius 2 is 2.19 bits per heavy atom. The molecule has 1 aromatic rings. The molecule has 0 spiro atoms. The van der Waals surface area contributed by atoms with Crippen molar-refractivity contribution < 1.29 is 24.0 Å². The number of thioether (sulfide) groups is 1. The zero-order chi connectivity index (χ0) is 19.3. The van der Waals surface area contributed by atoms with Crippen LogP contribution < -0.4 is 10.6 Å². The number of nitro groups is 1. The number of ether oxygens (including phenoxy) is 1. The SMILES string of the molecule is CCOC(=O)[C@H]1CS[C@H](CC(=O)Nc2ccc([N+](=O)[O-])cc2C)C(=O)N1. The van der Waals surface area contributed by atoms with Gasteiger partial charge in [0.1, 0.15) is 6.04 Å². The number of benzene rings is 1. The maximum Gasteiger partial charge on any atom is 0.329 e. The summed E-state index contributed by atoms with van der Waals surface area (Å²) in [6.45, 7) is 3.56. The van der Waals surface area contributed by atoms with E-state index in [1.165, 1.54) is 30.0 Å². The van der Waals surface area contributed by atoms with E-state index in [1.54, 1.807) is 13.8 Å². The average molecular weight is 381 g/mol. The summed E-state index contributed by atoms with van der Waals surface area (Å²) in [6, 6.07) is 3.41. The van der Waals surface area contributed by atoms with E-state index >= 15 is 0 Å². The molecule has 2 amide bonds. The number of hydrogen-bond acceptors (Lipinski definition) is 7. The number of nitrogens with zero attached hydrogens (tertiary/aromatic N) is 1. The summed E-state index contributed by atoms with van der Waals surface area (Å²) >= 11 is 1.22. The second-order valence-corrected chi connectivity index (χ2v) is 6.88. The van der Waals surface area contributed by atoms with E-state index in [-0.39, 0.29) is 24.6 Å². The normalized spacial score (nSPS) is 19.4. The van der Waals surface area contributed by atoms with Crippen molar-refractivity contribution in [2.24, 2.45) is 0 Å². The predicted molar refractivity (Wildman–Crippen MR) is 95.9 cm³/mol. The third-order valence-electron chi connectivity index (χ3n) is 3.71. The monoisotopic (exact) mass is 381 g/mol. The Bertz CT molecular complexity index is 739. The van der Waals surface area contributed by atoms with Crippen molar-refractivity contribution in [3.8, 4) is 0 Å². The first kappa shape index (κ1) is 19.7. The van der Waals surface area contributed by atoms with Crippen molar-refractivity contribution in [3.05, 3.63) is 33.9 Å². The van der Waals surface area contributed by atoms with Crippen molar-refractivity contribution >= 4 is 40.9 Å². The van der Waals surface area contributed by atoms with Crippen LogP contribution in [0.15, 0.2) is 18.2 Å². The summed E-state index contributed by atoms with van der Waals surface area (Å²) in [6.07, 6.45) is -0.0670. The van der Waals surface area contributed by atoms with Crippen LogP contribution in [0.25, 0.3) is 0 Å². The lowest BCUT2D eigenvalue weighted by molar-refractivity contribution is -0.384. The van der Waals surface area contributed by atoms with Gasteiger partial charge in [-0.25, -0.2) is 4.79 Å². The lowest BCUT2D eigenvalue weighted by atomic mass is 10.1. The maximum absolute atomic E-state index is 12.2. The van der Waals surface area contributed by atoms with Crippen LogP contribution in [0.1, 0.15) is 18.9 Å². The number of hydrogen-bond donors (Lipinski definition) is 2. The van der Waals surface area contributed by atoms with Crippen LogP contribution in [0, 0.1) is 17.0 Å². The van der Waals surface area contributed by atoms with Crippen molar-refractivity contribution in [2.45, 2.75) is 31.6 Å². The quantitative estimate of drug-likeness (QED) is 0.433. The number of nitro benzene ring substituents is 1. The van der Waals surface area contributed by atoms with Gasteiger partial charge in [0.15, 0.2) is 0 Å². The Balaban J connectivity index is 1.91. The number of carbonyl (C=O) groups is 3. The van der Waals surface area contributed by atoms with Gasteiger partial charge < -0.3 is 15.4 Å².